The number of nitrogens with two attached hydrogens (primary N) is 1. The number of halogens is 1. The molecule has 3 rings (SSSR count). The summed E-state index contributed by atoms with van der Waals surface area (Å²) < 4.78 is 18.9. The van der Waals surface area contributed by atoms with Crippen LogP contribution >= 0.6 is 0 Å². The summed E-state index contributed by atoms with van der Waals surface area (Å²) in [6, 6.07) is 8.23. The van der Waals surface area contributed by atoms with Crippen LogP contribution in [-0.4, -0.2) is 19.7 Å². The third kappa shape index (κ3) is 3.18. The summed E-state index contributed by atoms with van der Waals surface area (Å²) in [4.78, 5) is 11.2. The minimum absolute atomic E-state index is 0.0322. The Morgan fingerprint density at radius 1 is 1.39 bits per heavy atom. The molecule has 2 aliphatic rings. The van der Waals surface area contributed by atoms with Crippen LogP contribution in [0.15, 0.2) is 30.3 Å². The van der Waals surface area contributed by atoms with E-state index in [0.29, 0.717) is 0 Å². The first-order chi connectivity index (χ1) is 11.1. The number of rotatable bonds is 6. The zero-order chi connectivity index (χ0) is 16.4. The Morgan fingerprint density at radius 2 is 2.09 bits per heavy atom. The Hall–Kier alpha value is -1.68. The topological polar surface area (TPSA) is 52.3 Å². The van der Waals surface area contributed by atoms with Gasteiger partial charge in [-0.05, 0) is 48.8 Å². The lowest BCUT2D eigenvalue weighted by atomic mass is 9.85. The Kier molecular flexibility index (Phi) is 4.53. The van der Waals surface area contributed by atoms with Crippen molar-refractivity contribution >= 4 is 11.5 Å². The molecule has 2 aliphatic carbocycles. The maximum Gasteiger partial charge on any atom is 0.220 e. The van der Waals surface area contributed by atoms with Crippen molar-refractivity contribution in [3.63, 3.8) is 0 Å². The number of amides is 1. The van der Waals surface area contributed by atoms with E-state index >= 15 is 0 Å². The van der Waals surface area contributed by atoms with E-state index < -0.39 is 0 Å². The molecule has 0 radical (unpaired) electrons. The second-order valence-electron chi connectivity index (χ2n) is 6.84. The van der Waals surface area contributed by atoms with Crippen molar-refractivity contribution in [3.05, 3.63) is 41.5 Å². The van der Waals surface area contributed by atoms with Gasteiger partial charge in [-0.1, -0.05) is 30.3 Å². The minimum atomic E-state index is -0.326. The molecule has 2 atom stereocenters. The first-order valence-electron chi connectivity index (χ1n) is 8.27. The summed E-state index contributed by atoms with van der Waals surface area (Å²) in [6.07, 6.45) is 6.14. The molecule has 0 spiro atoms. The Morgan fingerprint density at radius 3 is 2.52 bits per heavy atom. The summed E-state index contributed by atoms with van der Waals surface area (Å²) in [5.74, 6) is -0.241. The van der Waals surface area contributed by atoms with Gasteiger partial charge in [0.15, 0.2) is 0 Å². The fraction of sp³-hybridized carbons (Fsp3) is 0.526. The van der Waals surface area contributed by atoms with Gasteiger partial charge in [-0.15, -0.1) is 0 Å². The first kappa shape index (κ1) is 16.2. The van der Waals surface area contributed by atoms with Crippen molar-refractivity contribution in [2.24, 2.45) is 17.1 Å². The van der Waals surface area contributed by atoms with Crippen molar-refractivity contribution in [1.29, 1.82) is 0 Å². The van der Waals surface area contributed by atoms with Crippen molar-refractivity contribution < 1.29 is 13.9 Å². The molecule has 1 fully saturated rings. The number of methoxy groups -OCH3 is 1. The molecular weight excluding hydrogens is 293 g/mol. The molecule has 1 unspecified atom stereocenters. The SMILES string of the molecule is CO[C@H](c1ccc(C2=CCC(C(N)=O)CC2)cc1)C1(CF)CC1. The fourth-order valence-corrected chi connectivity index (χ4v) is 3.59. The highest BCUT2D eigenvalue weighted by molar-refractivity contribution is 5.78. The molecular formula is C19H24FNO2. The summed E-state index contributed by atoms with van der Waals surface area (Å²) in [5, 5.41) is 0. The van der Waals surface area contributed by atoms with Crippen LogP contribution in [0.4, 0.5) is 4.39 Å². The second kappa shape index (κ2) is 6.44. The van der Waals surface area contributed by atoms with Crippen LogP contribution in [0.25, 0.3) is 5.57 Å². The van der Waals surface area contributed by atoms with Gasteiger partial charge in [-0.3, -0.25) is 9.18 Å². The van der Waals surface area contributed by atoms with E-state index in [0.717, 1.165) is 43.2 Å². The van der Waals surface area contributed by atoms with Crippen LogP contribution in [0.3, 0.4) is 0 Å². The molecule has 1 aromatic rings. The number of hydrogen-bond acceptors (Lipinski definition) is 2. The molecule has 124 valence electrons. The van der Waals surface area contributed by atoms with Crippen molar-refractivity contribution in [1.82, 2.24) is 0 Å². The first-order valence-corrected chi connectivity index (χ1v) is 8.27. The zero-order valence-electron chi connectivity index (χ0n) is 13.6. The predicted molar refractivity (Wildman–Crippen MR) is 88.3 cm³/mol. The van der Waals surface area contributed by atoms with E-state index in [9.17, 15) is 9.18 Å². The molecule has 23 heavy (non-hydrogen) atoms. The molecule has 0 bridgehead atoms. The molecule has 0 saturated heterocycles. The van der Waals surface area contributed by atoms with E-state index in [-0.39, 0.29) is 30.0 Å². The Balaban J connectivity index is 1.74. The van der Waals surface area contributed by atoms with Gasteiger partial charge in [0.2, 0.25) is 5.91 Å². The molecule has 1 amide bonds. The van der Waals surface area contributed by atoms with Gasteiger partial charge in [-0.2, -0.15) is 0 Å². The lowest BCUT2D eigenvalue weighted by Gasteiger charge is -2.24. The lowest BCUT2D eigenvalue weighted by molar-refractivity contribution is -0.121. The van der Waals surface area contributed by atoms with Crippen LogP contribution in [-0.2, 0) is 9.53 Å². The zero-order valence-corrected chi connectivity index (χ0v) is 13.6. The highest BCUT2D eigenvalue weighted by Crippen LogP contribution is 2.56. The van der Waals surface area contributed by atoms with E-state index in [1.807, 2.05) is 12.1 Å². The number of allylic oxidation sites excluding steroid dienone is 2. The average molecular weight is 317 g/mol. The number of carbonyl (C=O) groups excluding carboxylic acids is 1. The van der Waals surface area contributed by atoms with Crippen molar-refractivity contribution in [2.75, 3.05) is 13.8 Å². The molecule has 0 aromatic heterocycles. The van der Waals surface area contributed by atoms with Gasteiger partial charge in [-0.25, -0.2) is 0 Å². The number of benzene rings is 1. The third-order valence-electron chi connectivity index (χ3n) is 5.35. The van der Waals surface area contributed by atoms with Gasteiger partial charge in [0.25, 0.3) is 0 Å². The lowest BCUT2D eigenvalue weighted by Crippen LogP contribution is -2.24. The van der Waals surface area contributed by atoms with Gasteiger partial charge in [0, 0.05) is 18.4 Å². The van der Waals surface area contributed by atoms with E-state index in [2.05, 4.69) is 18.2 Å². The number of alkyl halides is 1. The van der Waals surface area contributed by atoms with E-state index in [1.54, 1.807) is 7.11 Å². The molecule has 4 heteroatoms. The van der Waals surface area contributed by atoms with Crippen LogP contribution in [0, 0.1) is 11.3 Å². The quantitative estimate of drug-likeness (QED) is 0.868. The van der Waals surface area contributed by atoms with Gasteiger partial charge in [0.05, 0.1) is 12.8 Å². The largest absolute Gasteiger partial charge is 0.376 e. The monoisotopic (exact) mass is 317 g/mol. The highest BCUT2D eigenvalue weighted by atomic mass is 19.1. The molecule has 3 nitrogen and oxygen atoms in total. The summed E-state index contributed by atoms with van der Waals surface area (Å²) in [5.41, 5.74) is 8.52. The molecule has 0 aliphatic heterocycles. The molecule has 1 aromatic carbocycles. The maximum atomic E-state index is 13.3. The minimum Gasteiger partial charge on any atom is -0.376 e. The van der Waals surface area contributed by atoms with Crippen LogP contribution in [0.5, 0.6) is 0 Å². The average Bonchev–Trinajstić information content (AvgIpc) is 3.37. The molecule has 2 N–H and O–H groups in total. The van der Waals surface area contributed by atoms with Gasteiger partial charge >= 0.3 is 0 Å². The highest BCUT2D eigenvalue weighted by Gasteiger charge is 2.50. The number of hydrogen-bond donors (Lipinski definition) is 1. The summed E-state index contributed by atoms with van der Waals surface area (Å²) in [7, 11) is 1.65. The number of ether oxygens (including phenoxy) is 1. The van der Waals surface area contributed by atoms with Crippen LogP contribution in [0.1, 0.15) is 49.3 Å². The van der Waals surface area contributed by atoms with Crippen molar-refractivity contribution in [2.45, 2.75) is 38.2 Å². The maximum absolute atomic E-state index is 13.3. The van der Waals surface area contributed by atoms with Crippen LogP contribution in [0.2, 0.25) is 0 Å². The standard InChI is InChI=1S/C19H24FNO2/c1-23-17(19(12-20)10-11-19)15-6-2-13(3-7-15)14-4-8-16(9-5-14)18(21)22/h2-4,6-7,16-17H,5,8-12H2,1H3,(H2,21,22)/t16?,17-/m1/s1. The van der Waals surface area contributed by atoms with Gasteiger partial charge in [0.1, 0.15) is 0 Å². The normalized spacial score (nSPS) is 23.9. The third-order valence-corrected chi connectivity index (χ3v) is 5.35. The summed E-state index contributed by atoms with van der Waals surface area (Å²) >= 11 is 0. The van der Waals surface area contributed by atoms with E-state index in [4.69, 9.17) is 10.5 Å². The second-order valence-corrected chi connectivity index (χ2v) is 6.84. The Bertz CT molecular complexity index is 604. The van der Waals surface area contributed by atoms with Gasteiger partial charge < -0.3 is 10.5 Å². The summed E-state index contributed by atoms with van der Waals surface area (Å²) in [6.45, 7) is -0.326. The molecule has 0 heterocycles. The number of carbonyl (C=O) groups is 1. The van der Waals surface area contributed by atoms with Crippen molar-refractivity contribution in [3.8, 4) is 0 Å². The predicted octanol–water partition coefficient (Wildman–Crippen LogP) is 3.79. The molecule has 1 saturated carbocycles. The number of primary amides is 1. The smallest absolute Gasteiger partial charge is 0.220 e. The fourth-order valence-electron chi connectivity index (χ4n) is 3.59. The van der Waals surface area contributed by atoms with E-state index in [1.165, 1.54) is 5.57 Å². The van der Waals surface area contributed by atoms with Crippen LogP contribution < -0.4 is 5.73 Å². The Labute approximate surface area is 136 Å².